The first-order valence-electron chi connectivity index (χ1n) is 11.8. The number of benzene rings is 1. The van der Waals surface area contributed by atoms with Crippen LogP contribution in [-0.2, 0) is 6.61 Å². The fourth-order valence-electron chi connectivity index (χ4n) is 5.69. The van der Waals surface area contributed by atoms with Gasteiger partial charge in [-0.2, -0.15) is 10.1 Å². The van der Waals surface area contributed by atoms with Crippen molar-refractivity contribution in [3.05, 3.63) is 48.4 Å². The van der Waals surface area contributed by atoms with Crippen molar-refractivity contribution < 1.29 is 4.74 Å². The Morgan fingerprint density at radius 1 is 1.15 bits per heavy atom. The van der Waals surface area contributed by atoms with Crippen LogP contribution >= 0.6 is 11.3 Å². The van der Waals surface area contributed by atoms with Crippen LogP contribution in [0, 0.1) is 0 Å². The smallest absolute Gasteiger partial charge is 0.234 e. The third kappa shape index (κ3) is 3.65. The number of thiazole rings is 1. The number of anilines is 1. The number of aromatic nitrogens is 4. The molecule has 0 saturated carbocycles. The highest BCUT2D eigenvalue weighted by Gasteiger charge is 2.40. The number of fused-ring (bicyclic) bond motifs is 4. The molecule has 0 atom stereocenters. The van der Waals surface area contributed by atoms with Crippen LogP contribution in [0.3, 0.4) is 0 Å². The first-order valence-corrected chi connectivity index (χ1v) is 12.6. The van der Waals surface area contributed by atoms with Gasteiger partial charge in [-0.3, -0.25) is 0 Å². The van der Waals surface area contributed by atoms with Crippen LogP contribution in [0.15, 0.2) is 42.9 Å². The van der Waals surface area contributed by atoms with Gasteiger partial charge < -0.3 is 15.0 Å². The van der Waals surface area contributed by atoms with Gasteiger partial charge in [-0.15, -0.1) is 0 Å². The SMILES string of the molecule is CN(c1nc2c(s1)-c1ccc(-c3cnn4cccnc34)cc1CO2)C1CC(C)(C)NC(C)(C)C1. The molecule has 0 aliphatic carbocycles. The van der Waals surface area contributed by atoms with Crippen LogP contribution in [0.25, 0.3) is 27.2 Å². The summed E-state index contributed by atoms with van der Waals surface area (Å²) in [7, 11) is 2.18. The lowest BCUT2D eigenvalue weighted by molar-refractivity contribution is 0.161. The van der Waals surface area contributed by atoms with E-state index < -0.39 is 0 Å². The lowest BCUT2D eigenvalue weighted by Gasteiger charge is -2.48. The number of hydrogen-bond acceptors (Lipinski definition) is 7. The first-order chi connectivity index (χ1) is 16.2. The van der Waals surface area contributed by atoms with E-state index in [9.17, 15) is 0 Å². The Bertz CT molecular complexity index is 1370. The van der Waals surface area contributed by atoms with E-state index in [2.05, 4.69) is 73.2 Å². The lowest BCUT2D eigenvalue weighted by atomic mass is 9.79. The Balaban J connectivity index is 1.32. The van der Waals surface area contributed by atoms with Crippen molar-refractivity contribution in [1.82, 2.24) is 24.9 Å². The molecule has 0 bridgehead atoms. The summed E-state index contributed by atoms with van der Waals surface area (Å²) in [6.45, 7) is 9.68. The molecule has 34 heavy (non-hydrogen) atoms. The van der Waals surface area contributed by atoms with Crippen molar-refractivity contribution in [1.29, 1.82) is 0 Å². The molecule has 0 spiro atoms. The lowest BCUT2D eigenvalue weighted by Crippen LogP contribution is -2.61. The molecule has 176 valence electrons. The van der Waals surface area contributed by atoms with E-state index >= 15 is 0 Å². The Morgan fingerprint density at radius 2 is 1.94 bits per heavy atom. The second-order valence-corrected chi connectivity index (χ2v) is 11.8. The van der Waals surface area contributed by atoms with Crippen LogP contribution in [0.2, 0.25) is 0 Å². The molecule has 0 radical (unpaired) electrons. The molecule has 8 heteroatoms. The minimum atomic E-state index is 0.0873. The molecule has 3 aromatic heterocycles. The summed E-state index contributed by atoms with van der Waals surface area (Å²) in [5, 5.41) is 9.24. The molecule has 0 unspecified atom stereocenters. The van der Waals surface area contributed by atoms with Crippen LogP contribution in [0.1, 0.15) is 46.1 Å². The summed E-state index contributed by atoms with van der Waals surface area (Å²) in [5.41, 5.74) is 5.53. The van der Waals surface area contributed by atoms with Gasteiger partial charge >= 0.3 is 0 Å². The van der Waals surface area contributed by atoms with Crippen LogP contribution in [0.5, 0.6) is 5.88 Å². The molecule has 2 aliphatic rings. The molecular weight excluding hydrogens is 444 g/mol. The fourth-order valence-corrected chi connectivity index (χ4v) is 6.80. The highest BCUT2D eigenvalue weighted by atomic mass is 32.1. The zero-order valence-corrected chi connectivity index (χ0v) is 21.1. The number of nitrogens with zero attached hydrogens (tertiary/aromatic N) is 5. The molecule has 1 saturated heterocycles. The van der Waals surface area contributed by atoms with E-state index in [1.54, 1.807) is 22.0 Å². The second-order valence-electron chi connectivity index (χ2n) is 10.8. The maximum absolute atomic E-state index is 6.13. The Hall–Kier alpha value is -2.97. The van der Waals surface area contributed by atoms with E-state index in [4.69, 9.17) is 9.72 Å². The second kappa shape index (κ2) is 7.52. The zero-order valence-electron chi connectivity index (χ0n) is 20.3. The van der Waals surface area contributed by atoms with Gasteiger partial charge in [0.05, 0.1) is 6.20 Å². The number of ether oxygens (including phenoxy) is 1. The molecule has 4 aromatic rings. The molecule has 7 nitrogen and oxygen atoms in total. The third-order valence-electron chi connectivity index (χ3n) is 6.91. The molecule has 1 N–H and O–H groups in total. The van der Waals surface area contributed by atoms with Crippen molar-refractivity contribution in [2.24, 2.45) is 0 Å². The van der Waals surface area contributed by atoms with Gasteiger partial charge in [0.1, 0.15) is 11.5 Å². The van der Waals surface area contributed by atoms with Gasteiger partial charge in [0, 0.05) is 47.7 Å². The largest absolute Gasteiger partial charge is 0.472 e. The molecule has 1 aromatic carbocycles. The summed E-state index contributed by atoms with van der Waals surface area (Å²) in [6, 6.07) is 8.85. The van der Waals surface area contributed by atoms with E-state index in [0.717, 1.165) is 45.5 Å². The molecule has 5 heterocycles. The van der Waals surface area contributed by atoms with E-state index in [1.165, 1.54) is 11.1 Å². The molecule has 1 fully saturated rings. The van der Waals surface area contributed by atoms with E-state index in [-0.39, 0.29) is 11.1 Å². The molecular formula is C26H30N6OS. The summed E-state index contributed by atoms with van der Waals surface area (Å²) < 4.78 is 7.94. The third-order valence-corrected chi connectivity index (χ3v) is 8.07. The highest BCUT2D eigenvalue weighted by molar-refractivity contribution is 7.19. The maximum Gasteiger partial charge on any atom is 0.234 e. The first kappa shape index (κ1) is 21.6. The summed E-state index contributed by atoms with van der Waals surface area (Å²) in [5.74, 6) is 0.747. The molecule has 0 amide bonds. The summed E-state index contributed by atoms with van der Waals surface area (Å²) in [6.07, 6.45) is 7.74. The highest BCUT2D eigenvalue weighted by Crippen LogP contribution is 2.46. The van der Waals surface area contributed by atoms with Crippen LogP contribution in [0.4, 0.5) is 5.13 Å². The van der Waals surface area contributed by atoms with Gasteiger partial charge in [0.15, 0.2) is 10.8 Å². The van der Waals surface area contributed by atoms with Gasteiger partial charge in [0.2, 0.25) is 5.88 Å². The van der Waals surface area contributed by atoms with Crippen molar-refractivity contribution in [2.45, 2.75) is 64.3 Å². The van der Waals surface area contributed by atoms with Crippen molar-refractivity contribution in [3.63, 3.8) is 0 Å². The number of nitrogens with one attached hydrogen (secondary N) is 1. The van der Waals surface area contributed by atoms with Gasteiger partial charge in [-0.25, -0.2) is 9.50 Å². The van der Waals surface area contributed by atoms with Gasteiger partial charge in [-0.1, -0.05) is 23.5 Å². The summed E-state index contributed by atoms with van der Waals surface area (Å²) in [4.78, 5) is 12.9. The Kier molecular flexibility index (Phi) is 4.76. The van der Waals surface area contributed by atoms with Crippen LogP contribution < -0.4 is 15.0 Å². The quantitative estimate of drug-likeness (QED) is 0.443. The number of rotatable bonds is 3. The van der Waals surface area contributed by atoms with Crippen molar-refractivity contribution >= 4 is 22.1 Å². The Morgan fingerprint density at radius 3 is 2.74 bits per heavy atom. The number of hydrogen-bond donors (Lipinski definition) is 1. The molecule has 2 aliphatic heterocycles. The minimum Gasteiger partial charge on any atom is -0.472 e. The van der Waals surface area contributed by atoms with Crippen molar-refractivity contribution in [2.75, 3.05) is 11.9 Å². The standard InChI is InChI=1S/C26H30N6OS/c1-25(2)12-18(13-26(3,4)30-25)31(5)24-29-23-21(34-24)19-8-7-16(11-17(19)15-33-23)20-14-28-32-10-6-9-27-22(20)32/h6-11,14,18,30H,12-13,15H2,1-5H3. The predicted octanol–water partition coefficient (Wildman–Crippen LogP) is 5.16. The van der Waals surface area contributed by atoms with Gasteiger partial charge in [0.25, 0.3) is 0 Å². The maximum atomic E-state index is 6.13. The Labute approximate surface area is 203 Å². The zero-order chi connectivity index (χ0) is 23.7. The van der Waals surface area contributed by atoms with Crippen molar-refractivity contribution in [3.8, 4) is 27.4 Å². The average molecular weight is 475 g/mol. The van der Waals surface area contributed by atoms with E-state index in [1.807, 2.05) is 18.5 Å². The van der Waals surface area contributed by atoms with Crippen LogP contribution in [-0.4, -0.2) is 43.7 Å². The van der Waals surface area contributed by atoms with Gasteiger partial charge in [-0.05, 0) is 63.8 Å². The number of piperidine rings is 1. The van der Waals surface area contributed by atoms with E-state index in [0.29, 0.717) is 12.6 Å². The summed E-state index contributed by atoms with van der Waals surface area (Å²) >= 11 is 1.73. The predicted molar refractivity (Wildman–Crippen MR) is 137 cm³/mol. The monoisotopic (exact) mass is 474 g/mol. The topological polar surface area (TPSA) is 67.6 Å². The fraction of sp³-hybridized carbons (Fsp3) is 0.423. The molecule has 6 rings (SSSR count). The average Bonchev–Trinajstić information content (AvgIpc) is 3.40. The minimum absolute atomic E-state index is 0.0873. The normalized spacial score (nSPS) is 18.9.